The van der Waals surface area contributed by atoms with E-state index in [2.05, 4.69) is 23.9 Å². The van der Waals surface area contributed by atoms with Gasteiger partial charge in [-0.25, -0.2) is 0 Å². The second-order valence-corrected chi connectivity index (χ2v) is 6.73. The van der Waals surface area contributed by atoms with Gasteiger partial charge in [-0.3, -0.25) is 0 Å². The first-order valence-electron chi connectivity index (χ1n) is 6.46. The minimum Gasteiger partial charge on any atom is -0.406 e. The molecule has 2 nitrogen and oxygen atoms in total. The Labute approximate surface area is 121 Å². The Hall–Kier alpha value is -1.04. The van der Waals surface area contributed by atoms with Gasteiger partial charge in [0.15, 0.2) is 0 Å². The molecule has 0 aliphatic carbocycles. The highest BCUT2D eigenvalue weighted by Gasteiger charge is 2.33. The fourth-order valence-electron chi connectivity index (χ4n) is 2.13. The van der Waals surface area contributed by atoms with Crippen molar-refractivity contribution in [2.75, 3.05) is 16.8 Å². The molecule has 0 radical (unpaired) electrons. The van der Waals surface area contributed by atoms with E-state index in [1.54, 1.807) is 12.1 Å². The normalized spacial score (nSPS) is 22.4. The van der Waals surface area contributed by atoms with Crippen LogP contribution in [0.3, 0.4) is 0 Å². The topological polar surface area (TPSA) is 21.3 Å². The summed E-state index contributed by atoms with van der Waals surface area (Å²) in [7, 11) is 0. The molecule has 1 unspecified atom stereocenters. The van der Waals surface area contributed by atoms with Crippen LogP contribution in [0.2, 0.25) is 0 Å². The van der Waals surface area contributed by atoms with Gasteiger partial charge in [-0.05, 0) is 41.9 Å². The largest absolute Gasteiger partial charge is 0.573 e. The molecule has 0 spiro atoms. The molecule has 1 aliphatic rings. The maximum Gasteiger partial charge on any atom is 0.573 e. The number of nitrogens with one attached hydrogen (secondary N) is 1. The predicted molar refractivity (Wildman–Crippen MR) is 76.3 cm³/mol. The number of anilines is 1. The molecule has 1 N–H and O–H groups in total. The summed E-state index contributed by atoms with van der Waals surface area (Å²) < 4.78 is 40.1. The van der Waals surface area contributed by atoms with Gasteiger partial charge in [0.05, 0.1) is 0 Å². The Kier molecular flexibility index (Phi) is 4.42. The Morgan fingerprint density at radius 2 is 1.90 bits per heavy atom. The highest BCUT2D eigenvalue weighted by Crippen LogP contribution is 2.36. The second kappa shape index (κ2) is 5.76. The van der Waals surface area contributed by atoms with Gasteiger partial charge in [-0.1, -0.05) is 13.8 Å². The van der Waals surface area contributed by atoms with E-state index in [0.717, 1.165) is 23.6 Å². The molecular formula is C14H18F3NOS. The van der Waals surface area contributed by atoms with E-state index in [1.807, 2.05) is 11.8 Å². The number of thioether (sulfide) groups is 1. The first kappa shape index (κ1) is 15.4. The average Bonchev–Trinajstić information content (AvgIpc) is 2.32. The lowest BCUT2D eigenvalue weighted by molar-refractivity contribution is -0.274. The molecule has 6 heteroatoms. The third-order valence-electron chi connectivity index (χ3n) is 3.55. The van der Waals surface area contributed by atoms with Crippen LogP contribution < -0.4 is 10.1 Å². The third-order valence-corrected chi connectivity index (χ3v) is 4.61. The fourth-order valence-corrected chi connectivity index (χ4v) is 3.73. The average molecular weight is 305 g/mol. The van der Waals surface area contributed by atoms with E-state index in [-0.39, 0.29) is 11.2 Å². The quantitative estimate of drug-likeness (QED) is 0.886. The summed E-state index contributed by atoms with van der Waals surface area (Å²) in [5.41, 5.74) is 1.01. The molecule has 1 saturated heterocycles. The zero-order valence-electron chi connectivity index (χ0n) is 11.5. The summed E-state index contributed by atoms with van der Waals surface area (Å²) in [5, 5.41) is 3.40. The molecule has 1 atom stereocenters. The highest BCUT2D eigenvalue weighted by atomic mass is 32.2. The van der Waals surface area contributed by atoms with Gasteiger partial charge >= 0.3 is 6.36 Å². The fraction of sp³-hybridized carbons (Fsp3) is 0.571. The van der Waals surface area contributed by atoms with Crippen LogP contribution in [-0.4, -0.2) is 23.9 Å². The van der Waals surface area contributed by atoms with Crippen LogP contribution in [0.1, 0.15) is 20.3 Å². The summed E-state index contributed by atoms with van der Waals surface area (Å²) in [6, 6.07) is 6.22. The van der Waals surface area contributed by atoms with Gasteiger partial charge in [0, 0.05) is 17.5 Å². The van der Waals surface area contributed by atoms with Gasteiger partial charge in [-0.2, -0.15) is 11.8 Å². The summed E-state index contributed by atoms with van der Waals surface area (Å²) in [6.45, 7) is 4.43. The Morgan fingerprint density at radius 3 is 2.45 bits per heavy atom. The summed E-state index contributed by atoms with van der Waals surface area (Å²) in [5.74, 6) is 1.97. The summed E-state index contributed by atoms with van der Waals surface area (Å²) in [4.78, 5) is 0. The zero-order chi connectivity index (χ0) is 14.8. The molecule has 1 aliphatic heterocycles. The van der Waals surface area contributed by atoms with Crippen molar-refractivity contribution in [1.29, 1.82) is 0 Å². The van der Waals surface area contributed by atoms with E-state index in [9.17, 15) is 13.2 Å². The van der Waals surface area contributed by atoms with Crippen LogP contribution in [0.25, 0.3) is 0 Å². The molecular weight excluding hydrogens is 287 g/mol. The summed E-state index contributed by atoms with van der Waals surface area (Å²) >= 11 is 1.90. The van der Waals surface area contributed by atoms with Crippen LogP contribution in [0, 0.1) is 5.41 Å². The molecule has 0 aromatic heterocycles. The van der Waals surface area contributed by atoms with Gasteiger partial charge in [0.2, 0.25) is 0 Å². The minimum atomic E-state index is -4.64. The van der Waals surface area contributed by atoms with Gasteiger partial charge in [0.1, 0.15) is 5.75 Å². The van der Waals surface area contributed by atoms with Crippen molar-refractivity contribution in [3.8, 4) is 5.75 Å². The zero-order valence-corrected chi connectivity index (χ0v) is 12.3. The van der Waals surface area contributed by atoms with E-state index in [4.69, 9.17) is 0 Å². The number of benzene rings is 1. The Morgan fingerprint density at radius 1 is 1.25 bits per heavy atom. The van der Waals surface area contributed by atoms with Crippen molar-refractivity contribution in [2.45, 2.75) is 32.7 Å². The monoisotopic (exact) mass is 305 g/mol. The lowest BCUT2D eigenvalue weighted by Gasteiger charge is -2.39. The lowest BCUT2D eigenvalue weighted by Crippen LogP contribution is -2.41. The molecule has 0 bridgehead atoms. The lowest BCUT2D eigenvalue weighted by atomic mass is 9.82. The van der Waals surface area contributed by atoms with E-state index < -0.39 is 6.36 Å². The van der Waals surface area contributed by atoms with Crippen LogP contribution in [0.4, 0.5) is 18.9 Å². The van der Waals surface area contributed by atoms with Gasteiger partial charge in [-0.15, -0.1) is 13.2 Å². The van der Waals surface area contributed by atoms with Crippen molar-refractivity contribution < 1.29 is 17.9 Å². The first-order chi connectivity index (χ1) is 9.26. The van der Waals surface area contributed by atoms with E-state index >= 15 is 0 Å². The van der Waals surface area contributed by atoms with Crippen LogP contribution in [0.5, 0.6) is 5.75 Å². The Balaban J connectivity index is 2.00. The standard InChI is InChI=1S/C14H18F3NOS/c1-13(2)7-8-20-9-12(13)18-10-3-5-11(6-4-10)19-14(15,16)17/h3-6,12,18H,7-9H2,1-2H3. The van der Waals surface area contributed by atoms with Gasteiger partial charge < -0.3 is 10.1 Å². The molecule has 2 rings (SSSR count). The number of rotatable bonds is 3. The van der Waals surface area contributed by atoms with Crippen molar-refractivity contribution >= 4 is 17.4 Å². The smallest absolute Gasteiger partial charge is 0.406 e. The number of hydrogen-bond acceptors (Lipinski definition) is 3. The first-order valence-corrected chi connectivity index (χ1v) is 7.62. The molecule has 0 saturated carbocycles. The molecule has 1 fully saturated rings. The summed E-state index contributed by atoms with van der Waals surface area (Å²) in [6.07, 6.45) is -3.51. The SMILES string of the molecule is CC1(C)CCSCC1Nc1ccc(OC(F)(F)F)cc1. The van der Waals surface area contributed by atoms with Crippen molar-refractivity contribution in [3.63, 3.8) is 0 Å². The molecule has 20 heavy (non-hydrogen) atoms. The predicted octanol–water partition coefficient (Wildman–Crippen LogP) is 4.53. The molecule has 1 aromatic rings. The molecule has 0 amide bonds. The Bertz CT molecular complexity index is 445. The van der Waals surface area contributed by atoms with Crippen LogP contribution in [-0.2, 0) is 0 Å². The van der Waals surface area contributed by atoms with Crippen molar-refractivity contribution in [2.24, 2.45) is 5.41 Å². The number of hydrogen-bond donors (Lipinski definition) is 1. The van der Waals surface area contributed by atoms with E-state index in [1.165, 1.54) is 12.1 Å². The third kappa shape index (κ3) is 4.23. The highest BCUT2D eigenvalue weighted by molar-refractivity contribution is 7.99. The van der Waals surface area contributed by atoms with Crippen molar-refractivity contribution in [3.05, 3.63) is 24.3 Å². The molecule has 1 aromatic carbocycles. The number of ether oxygens (including phenoxy) is 1. The van der Waals surface area contributed by atoms with Crippen molar-refractivity contribution in [1.82, 2.24) is 0 Å². The second-order valence-electron chi connectivity index (χ2n) is 5.58. The number of halogens is 3. The maximum atomic E-state index is 12.1. The van der Waals surface area contributed by atoms with Crippen LogP contribution in [0.15, 0.2) is 24.3 Å². The minimum absolute atomic E-state index is 0.187. The molecule has 112 valence electrons. The van der Waals surface area contributed by atoms with Gasteiger partial charge in [0.25, 0.3) is 0 Å². The molecule has 1 heterocycles. The maximum absolute atomic E-state index is 12.1. The van der Waals surface area contributed by atoms with Crippen LogP contribution >= 0.6 is 11.8 Å². The number of alkyl halides is 3. The van der Waals surface area contributed by atoms with E-state index in [0.29, 0.717) is 6.04 Å².